The lowest BCUT2D eigenvalue weighted by atomic mass is 9.94. The number of anilines is 1. The maximum absolute atomic E-state index is 14.1. The van der Waals surface area contributed by atoms with Gasteiger partial charge in [-0.1, -0.05) is 41.3 Å². The number of hydrogen-bond donors (Lipinski definition) is 1. The van der Waals surface area contributed by atoms with E-state index in [9.17, 15) is 19.1 Å². The summed E-state index contributed by atoms with van der Waals surface area (Å²) in [6.07, 6.45) is 0. The van der Waals surface area contributed by atoms with Crippen LogP contribution in [-0.2, 0) is 10.5 Å². The van der Waals surface area contributed by atoms with Crippen molar-refractivity contribution in [2.24, 2.45) is 0 Å². The van der Waals surface area contributed by atoms with E-state index >= 15 is 0 Å². The number of ether oxygens (including phenoxy) is 2. The Morgan fingerprint density at radius 1 is 1.12 bits per heavy atom. The number of nitrogens with zero attached hydrogens (tertiary/aromatic N) is 4. The fraction of sp³-hybridized carbons (Fsp3) is 0.222. The number of ketones is 1. The van der Waals surface area contributed by atoms with E-state index < -0.39 is 23.5 Å². The molecule has 1 N–H and O–H groups in total. The van der Waals surface area contributed by atoms with E-state index in [-0.39, 0.29) is 16.5 Å². The number of amides is 1. The van der Waals surface area contributed by atoms with Crippen LogP contribution < -0.4 is 14.4 Å². The van der Waals surface area contributed by atoms with E-state index in [4.69, 9.17) is 9.47 Å². The van der Waals surface area contributed by atoms with Crippen LogP contribution >= 0.6 is 34.4 Å². The van der Waals surface area contributed by atoms with Crippen molar-refractivity contribution in [1.82, 2.24) is 15.2 Å². The molecule has 3 heterocycles. The van der Waals surface area contributed by atoms with Crippen LogP contribution in [0.25, 0.3) is 0 Å². The van der Waals surface area contributed by atoms with Crippen LogP contribution in [0.1, 0.15) is 37.5 Å². The minimum Gasteiger partial charge on any atom is -0.503 e. The second kappa shape index (κ2) is 11.4. The number of methoxy groups -OCH3 is 2. The van der Waals surface area contributed by atoms with E-state index in [1.807, 2.05) is 0 Å². The smallest absolute Gasteiger partial charge is 0.296 e. The number of benzene rings is 2. The van der Waals surface area contributed by atoms with E-state index in [0.717, 1.165) is 11.3 Å². The van der Waals surface area contributed by atoms with Gasteiger partial charge in [0.1, 0.15) is 23.4 Å². The summed E-state index contributed by atoms with van der Waals surface area (Å²) in [6.45, 7) is 3.48. The van der Waals surface area contributed by atoms with Crippen LogP contribution in [0.3, 0.4) is 0 Å². The third kappa shape index (κ3) is 5.07. The lowest BCUT2D eigenvalue weighted by molar-refractivity contribution is -0.117. The van der Waals surface area contributed by atoms with Crippen molar-refractivity contribution in [1.29, 1.82) is 0 Å². The van der Waals surface area contributed by atoms with Gasteiger partial charge in [0.15, 0.2) is 10.1 Å². The Morgan fingerprint density at radius 3 is 2.58 bits per heavy atom. The largest absolute Gasteiger partial charge is 0.503 e. The van der Waals surface area contributed by atoms with Gasteiger partial charge >= 0.3 is 0 Å². The van der Waals surface area contributed by atoms with Gasteiger partial charge in [-0.3, -0.25) is 14.5 Å². The van der Waals surface area contributed by atoms with Gasteiger partial charge in [0.25, 0.3) is 5.91 Å². The minimum absolute atomic E-state index is 0.115. The number of aryl methyl sites for hydroxylation is 2. The standard InChI is InChI=1S/C27H23FN4O5S3/c1-13-24(39-14(2)29-13)22(33)20-21(17-10-9-16(36-3)11-19(17)37-4)32(25(35)23(20)34)26-30-31-27(40-26)38-12-15-7-5-6-8-18(15)28/h5-11,21,34H,12H2,1-4H3. The molecule has 0 fully saturated rings. The molecule has 1 amide bonds. The normalized spacial score (nSPS) is 15.2. The Morgan fingerprint density at radius 2 is 1.90 bits per heavy atom. The van der Waals surface area contributed by atoms with Crippen molar-refractivity contribution in [3.63, 3.8) is 0 Å². The Bertz CT molecular complexity index is 1650. The molecule has 9 nitrogen and oxygen atoms in total. The molecule has 1 atom stereocenters. The number of halogens is 1. The fourth-order valence-electron chi connectivity index (χ4n) is 4.35. The zero-order valence-electron chi connectivity index (χ0n) is 21.8. The van der Waals surface area contributed by atoms with Gasteiger partial charge in [0.2, 0.25) is 10.9 Å². The highest BCUT2D eigenvalue weighted by Crippen LogP contribution is 2.47. The number of thiazole rings is 1. The number of carbonyl (C=O) groups is 2. The molecule has 2 aromatic heterocycles. The molecule has 206 valence electrons. The summed E-state index contributed by atoms with van der Waals surface area (Å²) in [4.78, 5) is 33.3. The van der Waals surface area contributed by atoms with Gasteiger partial charge in [-0.2, -0.15) is 0 Å². The molecule has 1 aliphatic rings. The van der Waals surface area contributed by atoms with Crippen LogP contribution in [0.5, 0.6) is 11.5 Å². The quantitative estimate of drug-likeness (QED) is 0.144. The molecule has 0 bridgehead atoms. The average Bonchev–Trinajstić information content (AvgIpc) is 3.63. The van der Waals surface area contributed by atoms with E-state index in [0.29, 0.717) is 48.3 Å². The Kier molecular flexibility index (Phi) is 7.88. The summed E-state index contributed by atoms with van der Waals surface area (Å²) in [7, 11) is 2.97. The molecular formula is C27H23FN4O5S3. The average molecular weight is 599 g/mol. The first-order valence-electron chi connectivity index (χ1n) is 11.9. The summed E-state index contributed by atoms with van der Waals surface area (Å²) in [5.74, 6) is -1.17. The number of aromatic nitrogens is 3. The number of carbonyl (C=O) groups excluding carboxylic acids is 2. The van der Waals surface area contributed by atoms with Crippen molar-refractivity contribution in [2.75, 3.05) is 19.1 Å². The first kappa shape index (κ1) is 27.7. The summed E-state index contributed by atoms with van der Waals surface area (Å²) >= 11 is 3.55. The molecule has 4 aromatic rings. The van der Waals surface area contributed by atoms with E-state index in [1.165, 1.54) is 48.3 Å². The maximum atomic E-state index is 14.1. The fourth-order valence-corrected chi connectivity index (χ4v) is 7.08. The summed E-state index contributed by atoms with van der Waals surface area (Å²) in [5.41, 5.74) is 1.33. The van der Waals surface area contributed by atoms with Crippen molar-refractivity contribution in [3.05, 3.63) is 86.3 Å². The summed E-state index contributed by atoms with van der Waals surface area (Å²) in [6, 6.07) is 10.4. The number of Topliss-reactive ketones (excluding diaryl/α,β-unsaturated/α-hetero) is 1. The first-order valence-corrected chi connectivity index (χ1v) is 14.5. The molecule has 0 saturated heterocycles. The van der Waals surface area contributed by atoms with Crippen molar-refractivity contribution in [3.8, 4) is 11.5 Å². The van der Waals surface area contributed by atoms with Gasteiger partial charge < -0.3 is 14.6 Å². The zero-order valence-corrected chi connectivity index (χ0v) is 24.2. The zero-order chi connectivity index (χ0) is 28.6. The summed E-state index contributed by atoms with van der Waals surface area (Å²) < 4.78 is 25.5. The molecule has 5 rings (SSSR count). The van der Waals surface area contributed by atoms with Crippen LogP contribution in [-0.4, -0.2) is 46.2 Å². The second-order valence-corrected chi connectivity index (χ2v) is 12.0. The highest BCUT2D eigenvalue weighted by Gasteiger charge is 2.47. The van der Waals surface area contributed by atoms with Crippen LogP contribution in [0.4, 0.5) is 9.52 Å². The first-order chi connectivity index (χ1) is 19.2. The molecule has 0 radical (unpaired) electrons. The van der Waals surface area contributed by atoms with Gasteiger partial charge in [-0.25, -0.2) is 9.37 Å². The molecular weight excluding hydrogens is 576 g/mol. The lowest BCUT2D eigenvalue weighted by Gasteiger charge is -2.25. The van der Waals surface area contributed by atoms with Gasteiger partial charge in [0, 0.05) is 17.4 Å². The molecule has 0 saturated carbocycles. The number of rotatable bonds is 9. The van der Waals surface area contributed by atoms with Crippen molar-refractivity contribution >= 4 is 51.3 Å². The molecule has 0 aliphatic carbocycles. The number of aliphatic hydroxyl groups is 1. The third-order valence-electron chi connectivity index (χ3n) is 6.21. The molecule has 1 unspecified atom stereocenters. The molecule has 1 aliphatic heterocycles. The van der Waals surface area contributed by atoms with Crippen LogP contribution in [0.15, 0.2) is 58.1 Å². The number of hydrogen-bond acceptors (Lipinski definition) is 11. The third-order valence-corrected chi connectivity index (χ3v) is 9.38. The lowest BCUT2D eigenvalue weighted by Crippen LogP contribution is -2.31. The van der Waals surface area contributed by atoms with Gasteiger partial charge in [0.05, 0.1) is 35.4 Å². The number of thioether (sulfide) groups is 1. The van der Waals surface area contributed by atoms with Gasteiger partial charge in [-0.05, 0) is 37.6 Å². The van der Waals surface area contributed by atoms with Gasteiger partial charge in [-0.15, -0.1) is 21.5 Å². The monoisotopic (exact) mass is 598 g/mol. The minimum atomic E-state index is -1.07. The van der Waals surface area contributed by atoms with Crippen molar-refractivity contribution < 1.29 is 28.6 Å². The Balaban J connectivity index is 1.57. The van der Waals surface area contributed by atoms with Crippen molar-refractivity contribution in [2.45, 2.75) is 30.0 Å². The Hall–Kier alpha value is -3.81. The number of aliphatic hydroxyl groups excluding tert-OH is 1. The highest BCUT2D eigenvalue weighted by atomic mass is 32.2. The van der Waals surface area contributed by atoms with E-state index in [2.05, 4.69) is 15.2 Å². The second-order valence-electron chi connectivity index (χ2n) is 8.66. The molecule has 2 aromatic carbocycles. The van der Waals surface area contributed by atoms with E-state index in [1.54, 1.807) is 50.2 Å². The van der Waals surface area contributed by atoms with Crippen LogP contribution in [0, 0.1) is 19.7 Å². The van der Waals surface area contributed by atoms with Crippen LogP contribution in [0.2, 0.25) is 0 Å². The molecule has 13 heteroatoms. The SMILES string of the molecule is COc1ccc(C2C(C(=O)c3sc(C)nc3C)=C(O)C(=O)N2c2nnc(SCc3ccccc3F)s2)c(OC)c1. The summed E-state index contributed by atoms with van der Waals surface area (Å²) in [5, 5.41) is 20.3. The Labute approximate surface area is 241 Å². The predicted octanol–water partition coefficient (Wildman–Crippen LogP) is 5.84. The molecule has 0 spiro atoms. The molecule has 40 heavy (non-hydrogen) atoms. The maximum Gasteiger partial charge on any atom is 0.296 e. The predicted molar refractivity (Wildman–Crippen MR) is 151 cm³/mol. The highest BCUT2D eigenvalue weighted by molar-refractivity contribution is 8.00. The topological polar surface area (TPSA) is 115 Å².